The Hall–Kier alpha value is -3.32. The first-order valence-corrected chi connectivity index (χ1v) is 9.82. The predicted molar refractivity (Wildman–Crippen MR) is 112 cm³/mol. The Bertz CT molecular complexity index is 1060. The number of hydrogen-bond acceptors (Lipinski definition) is 4. The third-order valence-electron chi connectivity index (χ3n) is 5.25. The van der Waals surface area contributed by atoms with Crippen molar-refractivity contribution in [1.29, 1.82) is 0 Å². The van der Waals surface area contributed by atoms with Crippen molar-refractivity contribution < 1.29 is 19.1 Å². The summed E-state index contributed by atoms with van der Waals surface area (Å²) < 4.78 is 5.19. The SMILES string of the molecule is Cc1cccc(C)c1NC(=O)CN1C(=O)NC(c2ccc(Cl)cc2)C2=C1COC2=O. The van der Waals surface area contributed by atoms with Crippen LogP contribution in [0.2, 0.25) is 5.02 Å². The number of hydrogen-bond donors (Lipinski definition) is 2. The molecule has 0 saturated carbocycles. The standard InChI is InChI=1S/C22H20ClN3O4/c1-12-4-3-5-13(2)19(12)24-17(27)10-26-16-11-30-21(28)18(16)20(25-22(26)29)14-6-8-15(23)9-7-14/h3-9,20H,10-11H2,1-2H3,(H,24,27)(H,25,29). The summed E-state index contributed by atoms with van der Waals surface area (Å²) in [7, 11) is 0. The molecule has 2 N–H and O–H groups in total. The molecular formula is C22H20ClN3O4. The van der Waals surface area contributed by atoms with Crippen LogP contribution in [0.3, 0.4) is 0 Å². The zero-order chi connectivity index (χ0) is 21.4. The van der Waals surface area contributed by atoms with Crippen molar-refractivity contribution in [2.75, 3.05) is 18.5 Å². The Labute approximate surface area is 178 Å². The highest BCUT2D eigenvalue weighted by Crippen LogP contribution is 2.35. The number of amides is 3. The van der Waals surface area contributed by atoms with Crippen molar-refractivity contribution in [3.8, 4) is 0 Å². The van der Waals surface area contributed by atoms with E-state index < -0.39 is 18.0 Å². The summed E-state index contributed by atoms with van der Waals surface area (Å²) in [5.41, 5.74) is 4.00. The molecule has 30 heavy (non-hydrogen) atoms. The van der Waals surface area contributed by atoms with Crippen LogP contribution in [0, 0.1) is 13.8 Å². The van der Waals surface area contributed by atoms with Crippen molar-refractivity contribution in [3.63, 3.8) is 0 Å². The van der Waals surface area contributed by atoms with Crippen molar-refractivity contribution >= 4 is 35.2 Å². The highest BCUT2D eigenvalue weighted by atomic mass is 35.5. The normalized spacial score (nSPS) is 18.1. The summed E-state index contributed by atoms with van der Waals surface area (Å²) in [5.74, 6) is -0.871. The number of urea groups is 1. The zero-order valence-electron chi connectivity index (χ0n) is 16.5. The summed E-state index contributed by atoms with van der Waals surface area (Å²) in [6.45, 7) is 3.51. The topological polar surface area (TPSA) is 87.7 Å². The number of para-hydroxylation sites is 1. The van der Waals surface area contributed by atoms with Gasteiger partial charge in [0.15, 0.2) is 0 Å². The van der Waals surface area contributed by atoms with Gasteiger partial charge in [-0.3, -0.25) is 9.69 Å². The van der Waals surface area contributed by atoms with E-state index in [0.29, 0.717) is 27.5 Å². The van der Waals surface area contributed by atoms with E-state index in [9.17, 15) is 14.4 Å². The number of rotatable bonds is 4. The van der Waals surface area contributed by atoms with Crippen molar-refractivity contribution in [1.82, 2.24) is 10.2 Å². The molecule has 2 aromatic rings. The molecule has 0 aromatic heterocycles. The van der Waals surface area contributed by atoms with Gasteiger partial charge in [-0.15, -0.1) is 0 Å². The van der Waals surface area contributed by atoms with E-state index in [4.69, 9.17) is 16.3 Å². The maximum atomic E-state index is 12.8. The maximum Gasteiger partial charge on any atom is 0.338 e. The maximum absolute atomic E-state index is 12.8. The fourth-order valence-electron chi connectivity index (χ4n) is 3.72. The first-order chi connectivity index (χ1) is 14.3. The number of nitrogens with zero attached hydrogens (tertiary/aromatic N) is 1. The summed E-state index contributed by atoms with van der Waals surface area (Å²) in [6.07, 6.45) is 0. The molecule has 2 aliphatic rings. The van der Waals surface area contributed by atoms with E-state index in [2.05, 4.69) is 10.6 Å². The van der Waals surface area contributed by atoms with Crippen LogP contribution in [-0.2, 0) is 14.3 Å². The molecule has 154 valence electrons. The van der Waals surface area contributed by atoms with Crippen LogP contribution in [0.25, 0.3) is 0 Å². The van der Waals surface area contributed by atoms with E-state index >= 15 is 0 Å². The van der Waals surface area contributed by atoms with Gasteiger partial charge in [-0.1, -0.05) is 41.9 Å². The first kappa shape index (κ1) is 20.0. The molecule has 0 bridgehead atoms. The average Bonchev–Trinajstić information content (AvgIpc) is 3.09. The van der Waals surface area contributed by atoms with Gasteiger partial charge >= 0.3 is 12.0 Å². The number of ether oxygens (including phenoxy) is 1. The minimum atomic E-state index is -0.655. The number of carbonyl (C=O) groups is 3. The van der Waals surface area contributed by atoms with Gasteiger partial charge in [0.2, 0.25) is 5.91 Å². The molecule has 8 heteroatoms. The molecular weight excluding hydrogens is 406 g/mol. The number of benzene rings is 2. The largest absolute Gasteiger partial charge is 0.456 e. The lowest BCUT2D eigenvalue weighted by Crippen LogP contribution is -2.49. The number of anilines is 1. The lowest BCUT2D eigenvalue weighted by Gasteiger charge is -2.32. The number of cyclic esters (lactones) is 1. The molecule has 0 saturated heterocycles. The second-order valence-electron chi connectivity index (χ2n) is 7.27. The zero-order valence-corrected chi connectivity index (χ0v) is 17.2. The molecule has 7 nitrogen and oxygen atoms in total. The number of halogens is 1. The first-order valence-electron chi connectivity index (χ1n) is 9.45. The van der Waals surface area contributed by atoms with Crippen molar-refractivity contribution in [2.45, 2.75) is 19.9 Å². The van der Waals surface area contributed by atoms with Gasteiger partial charge in [0, 0.05) is 10.7 Å². The molecule has 0 aliphatic carbocycles. The van der Waals surface area contributed by atoms with Crippen molar-refractivity contribution in [3.05, 3.63) is 75.4 Å². The predicted octanol–water partition coefficient (Wildman–Crippen LogP) is 3.47. The summed E-state index contributed by atoms with van der Waals surface area (Å²) in [4.78, 5) is 39.2. The van der Waals surface area contributed by atoms with Crippen molar-refractivity contribution in [2.24, 2.45) is 0 Å². The Morgan fingerprint density at radius 2 is 1.83 bits per heavy atom. The van der Waals surface area contributed by atoms with Gasteiger partial charge < -0.3 is 15.4 Å². The Morgan fingerprint density at radius 1 is 1.17 bits per heavy atom. The van der Waals surface area contributed by atoms with Crippen LogP contribution in [0.1, 0.15) is 22.7 Å². The van der Waals surface area contributed by atoms with Gasteiger partial charge in [-0.2, -0.15) is 0 Å². The molecule has 2 aromatic carbocycles. The van der Waals surface area contributed by atoms with E-state index in [1.54, 1.807) is 24.3 Å². The lowest BCUT2D eigenvalue weighted by atomic mass is 9.96. The summed E-state index contributed by atoms with van der Waals surface area (Å²) in [6, 6.07) is 11.4. The van der Waals surface area contributed by atoms with Crippen LogP contribution in [0.4, 0.5) is 10.5 Å². The third-order valence-corrected chi connectivity index (χ3v) is 5.50. The quantitative estimate of drug-likeness (QED) is 0.734. The minimum absolute atomic E-state index is 0.0532. The van der Waals surface area contributed by atoms with Gasteiger partial charge in [0.1, 0.15) is 13.2 Å². The lowest BCUT2D eigenvalue weighted by molar-refractivity contribution is -0.136. The van der Waals surface area contributed by atoms with Gasteiger partial charge in [0.25, 0.3) is 0 Å². The molecule has 1 atom stereocenters. The molecule has 1 unspecified atom stereocenters. The second-order valence-corrected chi connectivity index (χ2v) is 7.71. The Kier molecular flexibility index (Phi) is 5.22. The number of carbonyl (C=O) groups excluding carboxylic acids is 3. The Balaban J connectivity index is 1.60. The van der Waals surface area contributed by atoms with E-state index in [1.165, 1.54) is 4.90 Å². The molecule has 4 rings (SSSR count). The van der Waals surface area contributed by atoms with Crippen LogP contribution < -0.4 is 10.6 Å². The third kappa shape index (κ3) is 3.64. The molecule has 2 heterocycles. The fourth-order valence-corrected chi connectivity index (χ4v) is 3.84. The van der Waals surface area contributed by atoms with Gasteiger partial charge in [0.05, 0.1) is 17.3 Å². The van der Waals surface area contributed by atoms with Gasteiger partial charge in [-0.05, 0) is 42.7 Å². The van der Waals surface area contributed by atoms with Gasteiger partial charge in [-0.25, -0.2) is 9.59 Å². The van der Waals surface area contributed by atoms with E-state index in [0.717, 1.165) is 11.1 Å². The minimum Gasteiger partial charge on any atom is -0.456 e. The molecule has 0 radical (unpaired) electrons. The fraction of sp³-hybridized carbons (Fsp3) is 0.227. The smallest absolute Gasteiger partial charge is 0.338 e. The summed E-state index contributed by atoms with van der Waals surface area (Å²) in [5, 5.41) is 6.21. The number of nitrogens with one attached hydrogen (secondary N) is 2. The van der Waals surface area contributed by atoms with E-state index in [1.807, 2.05) is 32.0 Å². The summed E-state index contributed by atoms with van der Waals surface area (Å²) >= 11 is 5.94. The van der Waals surface area contributed by atoms with Crippen LogP contribution in [0.15, 0.2) is 53.7 Å². The van der Waals surface area contributed by atoms with Crippen LogP contribution in [-0.4, -0.2) is 36.0 Å². The monoisotopic (exact) mass is 425 g/mol. The number of aryl methyl sites for hydroxylation is 2. The van der Waals surface area contributed by atoms with E-state index in [-0.39, 0.29) is 19.1 Å². The van der Waals surface area contributed by atoms with Crippen LogP contribution in [0.5, 0.6) is 0 Å². The average molecular weight is 426 g/mol. The molecule has 0 spiro atoms. The molecule has 3 amide bonds. The highest BCUT2D eigenvalue weighted by molar-refractivity contribution is 6.30. The molecule has 0 fully saturated rings. The highest BCUT2D eigenvalue weighted by Gasteiger charge is 2.42. The number of esters is 1. The Morgan fingerprint density at radius 3 is 2.50 bits per heavy atom. The second kappa shape index (κ2) is 7.84. The molecule has 2 aliphatic heterocycles. The van der Waals surface area contributed by atoms with Crippen LogP contribution >= 0.6 is 11.6 Å².